The van der Waals surface area contributed by atoms with Crippen molar-refractivity contribution in [3.05, 3.63) is 35.6 Å². The van der Waals surface area contributed by atoms with Gasteiger partial charge in [-0.05, 0) is 61.6 Å². The van der Waals surface area contributed by atoms with E-state index in [1.807, 2.05) is 0 Å². The number of benzene rings is 1. The Labute approximate surface area is 163 Å². The molecule has 3 rings (SSSR count). The van der Waals surface area contributed by atoms with Crippen LogP contribution in [0.2, 0.25) is 0 Å². The lowest BCUT2D eigenvalue weighted by molar-refractivity contribution is -0.162. The van der Waals surface area contributed by atoms with Crippen molar-refractivity contribution >= 4 is 13.5 Å². The van der Waals surface area contributed by atoms with Gasteiger partial charge in [0.15, 0.2) is 6.29 Å². The van der Waals surface area contributed by atoms with Crippen LogP contribution in [0.1, 0.15) is 51.5 Å². The molecule has 0 bridgehead atoms. The van der Waals surface area contributed by atoms with Gasteiger partial charge in [-0.25, -0.2) is 4.39 Å². The summed E-state index contributed by atoms with van der Waals surface area (Å²) < 4.78 is 24.7. The van der Waals surface area contributed by atoms with Gasteiger partial charge in [0.05, 0.1) is 19.3 Å². The highest BCUT2D eigenvalue weighted by atomic mass is 32.1. The molecule has 1 aliphatic heterocycles. The van der Waals surface area contributed by atoms with Gasteiger partial charge in [-0.2, -0.15) is 13.5 Å². The molecule has 6 atom stereocenters. The van der Waals surface area contributed by atoms with E-state index in [0.717, 1.165) is 30.9 Å². The lowest BCUT2D eigenvalue weighted by Crippen LogP contribution is -2.39. The normalized spacial score (nSPS) is 31.2. The van der Waals surface area contributed by atoms with Gasteiger partial charge in [0.25, 0.3) is 0 Å². The molecule has 1 heterocycles. The third-order valence-electron chi connectivity index (χ3n) is 6.24. The molecule has 0 radical (unpaired) electrons. The number of ether oxygens (including phenoxy) is 2. The average Bonchev–Trinajstić information content (AvgIpc) is 2.82. The summed E-state index contributed by atoms with van der Waals surface area (Å²) in [5.41, 5.74) is 0.876. The van der Waals surface area contributed by atoms with Crippen LogP contribution < -0.4 is 0 Å². The predicted octanol–water partition coefficient (Wildman–Crippen LogP) is 4.64. The highest BCUT2D eigenvalue weighted by Crippen LogP contribution is 2.44. The summed E-state index contributed by atoms with van der Waals surface area (Å²) in [6.45, 7) is 5.37. The summed E-state index contributed by atoms with van der Waals surface area (Å²) in [6, 6.07) is 6.24. The van der Waals surface area contributed by atoms with Crippen molar-refractivity contribution in [2.75, 3.05) is 6.61 Å². The first-order chi connectivity index (χ1) is 12.0. The number of hydrogen-bond donors (Lipinski definition) is 1. The minimum absolute atomic E-state index is 0. The minimum Gasteiger partial charge on any atom is -0.378 e. The Kier molecular flexibility index (Phi) is 8.40. The molecule has 26 heavy (non-hydrogen) atoms. The Balaban J connectivity index is 0.00000243. The molecule has 1 saturated carbocycles. The number of halogens is 1. The van der Waals surface area contributed by atoms with E-state index in [0.29, 0.717) is 24.5 Å². The molecule has 0 spiro atoms. The largest absolute Gasteiger partial charge is 0.378 e. The van der Waals surface area contributed by atoms with Crippen LogP contribution in [0.25, 0.3) is 0 Å². The maximum Gasteiger partial charge on any atom is 0.157 e. The third kappa shape index (κ3) is 5.44. The number of aliphatic hydroxyl groups is 1. The highest BCUT2D eigenvalue weighted by Gasteiger charge is 2.40. The van der Waals surface area contributed by atoms with Crippen LogP contribution in [0, 0.1) is 29.5 Å². The Bertz CT molecular complexity index is 539. The Morgan fingerprint density at radius 2 is 1.92 bits per heavy atom. The van der Waals surface area contributed by atoms with E-state index >= 15 is 0 Å². The van der Waals surface area contributed by atoms with Gasteiger partial charge in [-0.15, -0.1) is 0 Å². The van der Waals surface area contributed by atoms with E-state index in [-0.39, 0.29) is 25.2 Å². The monoisotopic (exact) mass is 384 g/mol. The molecule has 1 aromatic rings. The summed E-state index contributed by atoms with van der Waals surface area (Å²) in [6.07, 6.45) is 5.59. The summed E-state index contributed by atoms with van der Waals surface area (Å²) in [4.78, 5) is 0. The fraction of sp³-hybridized carbons (Fsp3) is 0.714. The standard InChI is InChI=1S/C21H31FO3.H2S/c1-14-6-9-17-4-3-5-19(20(17)13-24-14)15(2)21(23)25-12-16-7-10-18(22)11-8-16;/h7-8,10-11,14-15,17,19-21,23H,3-6,9,12-13H2,1-2H3;1H2. The van der Waals surface area contributed by atoms with E-state index in [4.69, 9.17) is 9.47 Å². The zero-order valence-electron chi connectivity index (χ0n) is 15.9. The first-order valence-corrected chi connectivity index (χ1v) is 9.70. The van der Waals surface area contributed by atoms with Crippen molar-refractivity contribution in [2.45, 2.75) is 65.0 Å². The van der Waals surface area contributed by atoms with Crippen molar-refractivity contribution in [1.82, 2.24) is 0 Å². The third-order valence-corrected chi connectivity index (χ3v) is 6.24. The molecule has 148 valence electrons. The summed E-state index contributed by atoms with van der Waals surface area (Å²) >= 11 is 0. The zero-order valence-corrected chi connectivity index (χ0v) is 16.9. The molecular weight excluding hydrogens is 351 g/mol. The van der Waals surface area contributed by atoms with E-state index in [1.54, 1.807) is 12.1 Å². The van der Waals surface area contributed by atoms with Crippen molar-refractivity contribution in [3.63, 3.8) is 0 Å². The number of rotatable bonds is 5. The van der Waals surface area contributed by atoms with Gasteiger partial charge in [-0.3, -0.25) is 0 Å². The molecule has 6 unspecified atom stereocenters. The van der Waals surface area contributed by atoms with Crippen LogP contribution in [-0.2, 0) is 16.1 Å². The maximum absolute atomic E-state index is 13.0. The topological polar surface area (TPSA) is 38.7 Å². The fourth-order valence-corrected chi connectivity index (χ4v) is 4.60. The number of aliphatic hydroxyl groups excluding tert-OH is 1. The van der Waals surface area contributed by atoms with Crippen LogP contribution >= 0.6 is 13.5 Å². The first-order valence-electron chi connectivity index (χ1n) is 9.70. The van der Waals surface area contributed by atoms with E-state index < -0.39 is 6.29 Å². The lowest BCUT2D eigenvalue weighted by atomic mass is 9.66. The van der Waals surface area contributed by atoms with Crippen molar-refractivity contribution in [2.24, 2.45) is 23.7 Å². The zero-order chi connectivity index (χ0) is 17.8. The van der Waals surface area contributed by atoms with E-state index in [2.05, 4.69) is 13.8 Å². The second-order valence-corrected chi connectivity index (χ2v) is 7.93. The Morgan fingerprint density at radius 3 is 2.65 bits per heavy atom. The van der Waals surface area contributed by atoms with Crippen LogP contribution in [0.3, 0.4) is 0 Å². The maximum atomic E-state index is 13.0. The SMILES string of the molecule is CC1CCC2CCCC(C(C)C(O)OCc3ccc(F)cc3)C2CO1.S. The van der Waals surface area contributed by atoms with Gasteiger partial charge in [-0.1, -0.05) is 31.9 Å². The first kappa shape index (κ1) is 21.7. The van der Waals surface area contributed by atoms with Crippen LogP contribution in [0.15, 0.2) is 24.3 Å². The molecule has 2 aliphatic rings. The second-order valence-electron chi connectivity index (χ2n) is 7.93. The van der Waals surface area contributed by atoms with Crippen LogP contribution in [-0.4, -0.2) is 24.1 Å². The molecule has 3 nitrogen and oxygen atoms in total. The Hall–Kier alpha value is -0.620. The molecule has 1 N–H and O–H groups in total. The van der Waals surface area contributed by atoms with Crippen molar-refractivity contribution < 1.29 is 19.0 Å². The summed E-state index contributed by atoms with van der Waals surface area (Å²) in [5.74, 6) is 1.50. The van der Waals surface area contributed by atoms with Gasteiger partial charge in [0.1, 0.15) is 5.82 Å². The van der Waals surface area contributed by atoms with E-state index in [9.17, 15) is 9.50 Å². The summed E-state index contributed by atoms with van der Waals surface area (Å²) in [5, 5.41) is 10.6. The summed E-state index contributed by atoms with van der Waals surface area (Å²) in [7, 11) is 0. The van der Waals surface area contributed by atoms with Crippen LogP contribution in [0.5, 0.6) is 0 Å². The second kappa shape index (κ2) is 10.1. The smallest absolute Gasteiger partial charge is 0.157 e. The fourth-order valence-electron chi connectivity index (χ4n) is 4.60. The van der Waals surface area contributed by atoms with E-state index in [1.165, 1.54) is 31.4 Å². The molecular formula is C21H33FO3S. The van der Waals surface area contributed by atoms with Gasteiger partial charge >= 0.3 is 0 Å². The minimum atomic E-state index is -0.797. The van der Waals surface area contributed by atoms with Gasteiger partial charge in [0.2, 0.25) is 0 Å². The quantitative estimate of drug-likeness (QED) is 0.752. The number of hydrogen-bond acceptors (Lipinski definition) is 3. The van der Waals surface area contributed by atoms with Crippen molar-refractivity contribution in [3.8, 4) is 0 Å². The highest BCUT2D eigenvalue weighted by molar-refractivity contribution is 7.59. The predicted molar refractivity (Wildman–Crippen MR) is 106 cm³/mol. The molecule has 1 saturated heterocycles. The molecule has 1 aliphatic carbocycles. The molecule has 0 aromatic heterocycles. The van der Waals surface area contributed by atoms with Crippen LogP contribution in [0.4, 0.5) is 4.39 Å². The Morgan fingerprint density at radius 1 is 1.19 bits per heavy atom. The lowest BCUT2D eigenvalue weighted by Gasteiger charge is -2.41. The molecule has 5 heteroatoms. The van der Waals surface area contributed by atoms with Crippen molar-refractivity contribution in [1.29, 1.82) is 0 Å². The average molecular weight is 385 g/mol. The van der Waals surface area contributed by atoms with Gasteiger partial charge < -0.3 is 14.6 Å². The number of fused-ring (bicyclic) bond motifs is 1. The molecule has 0 amide bonds. The molecule has 2 fully saturated rings. The molecule has 1 aromatic carbocycles. The van der Waals surface area contributed by atoms with Gasteiger partial charge in [0, 0.05) is 5.92 Å².